The Kier molecular flexibility index (Phi) is 7.54. The Labute approximate surface area is 181 Å². The molecule has 1 N–H and O–H groups in total. The van der Waals surface area contributed by atoms with Crippen molar-refractivity contribution in [2.24, 2.45) is 5.92 Å². The molecule has 1 fully saturated rings. The van der Waals surface area contributed by atoms with Crippen molar-refractivity contribution in [3.05, 3.63) is 59.2 Å². The van der Waals surface area contributed by atoms with Crippen LogP contribution in [0.1, 0.15) is 62.6 Å². The van der Waals surface area contributed by atoms with Crippen LogP contribution in [-0.2, 0) is 16.1 Å². The molecule has 4 nitrogen and oxygen atoms in total. The zero-order valence-corrected chi connectivity index (χ0v) is 18.8. The van der Waals surface area contributed by atoms with Gasteiger partial charge in [-0.15, -0.1) is 0 Å². The molecule has 2 atom stereocenters. The minimum atomic E-state index is -0.710. The number of aryl methyl sites for hydroxylation is 2. The summed E-state index contributed by atoms with van der Waals surface area (Å²) in [6.07, 6.45) is 4.68. The summed E-state index contributed by atoms with van der Waals surface area (Å²) in [5.41, 5.74) is 3.26. The van der Waals surface area contributed by atoms with Crippen molar-refractivity contribution in [3.8, 4) is 5.75 Å². The quantitative estimate of drug-likeness (QED) is 0.565. The molecule has 0 radical (unpaired) electrons. The van der Waals surface area contributed by atoms with Gasteiger partial charge in [-0.3, -0.25) is 4.79 Å². The number of carbonyl (C=O) groups excluding carboxylic acids is 1. The number of ether oxygens (including phenoxy) is 2. The van der Waals surface area contributed by atoms with Crippen LogP contribution in [0, 0.1) is 19.8 Å². The first-order valence-electron chi connectivity index (χ1n) is 11.2. The van der Waals surface area contributed by atoms with Gasteiger partial charge in [0.1, 0.15) is 18.0 Å². The molecule has 3 rings (SSSR count). The number of carbonyl (C=O) groups is 1. The molecule has 0 aliphatic heterocycles. The second-order valence-corrected chi connectivity index (χ2v) is 8.71. The van der Waals surface area contributed by atoms with E-state index in [1.807, 2.05) is 44.2 Å². The van der Waals surface area contributed by atoms with Crippen LogP contribution >= 0.6 is 0 Å². The predicted octanol–water partition coefficient (Wildman–Crippen LogP) is 6.20. The maximum atomic E-state index is 13.3. The van der Waals surface area contributed by atoms with Gasteiger partial charge in [0, 0.05) is 12.3 Å². The highest BCUT2D eigenvalue weighted by Gasteiger charge is 2.42. The van der Waals surface area contributed by atoms with Gasteiger partial charge in [-0.05, 0) is 74.3 Å². The van der Waals surface area contributed by atoms with Gasteiger partial charge in [0.05, 0.1) is 0 Å². The van der Waals surface area contributed by atoms with Gasteiger partial charge >= 0.3 is 0 Å². The first-order chi connectivity index (χ1) is 14.4. The van der Waals surface area contributed by atoms with Crippen LogP contribution in [0.25, 0.3) is 0 Å². The van der Waals surface area contributed by atoms with E-state index in [1.54, 1.807) is 0 Å². The normalized spacial score (nSPS) is 21.3. The van der Waals surface area contributed by atoms with Crippen molar-refractivity contribution in [1.82, 2.24) is 0 Å². The second-order valence-electron chi connectivity index (χ2n) is 8.71. The van der Waals surface area contributed by atoms with Gasteiger partial charge in [-0.2, -0.15) is 0 Å². The van der Waals surface area contributed by atoms with Crippen molar-refractivity contribution in [2.45, 2.75) is 72.0 Å². The number of amides is 1. The van der Waals surface area contributed by atoms with E-state index in [0.717, 1.165) is 60.2 Å². The SMILES string of the molecule is CCCOC1(C(=O)Nc2cc(C)c(OCc3ccccc3)c(C)c2)CCCC(C)C1. The Morgan fingerprint density at radius 2 is 1.87 bits per heavy atom. The second kappa shape index (κ2) is 10.1. The smallest absolute Gasteiger partial charge is 0.256 e. The van der Waals surface area contributed by atoms with Gasteiger partial charge < -0.3 is 14.8 Å². The third kappa shape index (κ3) is 5.42. The molecule has 0 aromatic heterocycles. The molecule has 2 unspecified atom stereocenters. The highest BCUT2D eigenvalue weighted by atomic mass is 16.5. The lowest BCUT2D eigenvalue weighted by Gasteiger charge is -2.38. The molecule has 0 bridgehead atoms. The Hall–Kier alpha value is -2.33. The average Bonchev–Trinajstić information content (AvgIpc) is 2.72. The van der Waals surface area contributed by atoms with E-state index in [9.17, 15) is 4.79 Å². The lowest BCUT2D eigenvalue weighted by atomic mass is 9.78. The van der Waals surface area contributed by atoms with E-state index in [0.29, 0.717) is 19.1 Å². The molecule has 1 aliphatic rings. The fourth-order valence-electron chi connectivity index (χ4n) is 4.43. The lowest BCUT2D eigenvalue weighted by molar-refractivity contribution is -0.148. The molecule has 2 aromatic carbocycles. The van der Waals surface area contributed by atoms with E-state index in [4.69, 9.17) is 9.47 Å². The largest absolute Gasteiger partial charge is 0.488 e. The summed E-state index contributed by atoms with van der Waals surface area (Å²) in [6.45, 7) is 9.48. The monoisotopic (exact) mass is 409 g/mol. The lowest BCUT2D eigenvalue weighted by Crippen LogP contribution is -2.48. The maximum Gasteiger partial charge on any atom is 0.256 e. The molecule has 0 spiro atoms. The molecule has 2 aromatic rings. The third-order valence-electron chi connectivity index (χ3n) is 5.90. The minimum Gasteiger partial charge on any atom is -0.488 e. The summed E-state index contributed by atoms with van der Waals surface area (Å²) in [7, 11) is 0. The fraction of sp³-hybridized carbons (Fsp3) is 0.500. The zero-order chi connectivity index (χ0) is 21.6. The minimum absolute atomic E-state index is 0.0146. The van der Waals surface area contributed by atoms with Gasteiger partial charge in [0.2, 0.25) is 0 Å². The number of anilines is 1. The van der Waals surface area contributed by atoms with Crippen molar-refractivity contribution in [1.29, 1.82) is 0 Å². The van der Waals surface area contributed by atoms with Crippen LogP contribution in [0.2, 0.25) is 0 Å². The topological polar surface area (TPSA) is 47.6 Å². The van der Waals surface area contributed by atoms with E-state index in [-0.39, 0.29) is 5.91 Å². The van der Waals surface area contributed by atoms with E-state index in [2.05, 4.69) is 31.3 Å². The highest BCUT2D eigenvalue weighted by molar-refractivity contribution is 5.97. The molecule has 162 valence electrons. The van der Waals surface area contributed by atoms with E-state index >= 15 is 0 Å². The van der Waals surface area contributed by atoms with Gasteiger partial charge in [0.25, 0.3) is 5.91 Å². The molecule has 30 heavy (non-hydrogen) atoms. The first kappa shape index (κ1) is 22.4. The Morgan fingerprint density at radius 1 is 1.17 bits per heavy atom. The number of hydrogen-bond donors (Lipinski definition) is 1. The molecule has 1 saturated carbocycles. The summed E-state index contributed by atoms with van der Waals surface area (Å²) in [4.78, 5) is 13.3. The fourth-order valence-corrected chi connectivity index (χ4v) is 4.43. The summed E-state index contributed by atoms with van der Waals surface area (Å²) in [5.74, 6) is 1.36. The van der Waals surface area contributed by atoms with E-state index in [1.165, 1.54) is 0 Å². The molecule has 0 saturated heterocycles. The molecule has 4 heteroatoms. The Bertz CT molecular complexity index is 826. The molecular weight excluding hydrogens is 374 g/mol. The number of rotatable bonds is 8. The van der Waals surface area contributed by atoms with Crippen molar-refractivity contribution < 1.29 is 14.3 Å². The number of benzene rings is 2. The van der Waals surface area contributed by atoms with Gasteiger partial charge in [-0.25, -0.2) is 0 Å². The van der Waals surface area contributed by atoms with Gasteiger partial charge in [0.15, 0.2) is 0 Å². The summed E-state index contributed by atoms with van der Waals surface area (Å²) >= 11 is 0. The maximum absolute atomic E-state index is 13.3. The summed E-state index contributed by atoms with van der Waals surface area (Å²) in [5, 5.41) is 3.15. The summed E-state index contributed by atoms with van der Waals surface area (Å²) in [6, 6.07) is 14.1. The van der Waals surface area contributed by atoms with E-state index < -0.39 is 5.60 Å². The van der Waals surface area contributed by atoms with Crippen LogP contribution in [0.15, 0.2) is 42.5 Å². The zero-order valence-electron chi connectivity index (χ0n) is 18.8. The summed E-state index contributed by atoms with van der Waals surface area (Å²) < 4.78 is 12.2. The van der Waals surface area contributed by atoms with Crippen LogP contribution in [0.3, 0.4) is 0 Å². The molecule has 1 amide bonds. The number of nitrogens with one attached hydrogen (secondary N) is 1. The van der Waals surface area contributed by atoms with Crippen molar-refractivity contribution in [2.75, 3.05) is 11.9 Å². The van der Waals surface area contributed by atoms with Crippen molar-refractivity contribution >= 4 is 11.6 Å². The standard InChI is InChI=1S/C26H35NO3/c1-5-14-30-26(13-9-10-19(2)17-26)25(28)27-23-15-20(3)24(21(4)16-23)29-18-22-11-7-6-8-12-22/h6-8,11-12,15-16,19H,5,9-10,13-14,17-18H2,1-4H3,(H,27,28). The highest BCUT2D eigenvalue weighted by Crippen LogP contribution is 2.37. The van der Waals surface area contributed by atoms with Gasteiger partial charge in [-0.1, -0.05) is 50.6 Å². The first-order valence-corrected chi connectivity index (χ1v) is 11.2. The van der Waals surface area contributed by atoms with Crippen molar-refractivity contribution in [3.63, 3.8) is 0 Å². The third-order valence-corrected chi connectivity index (χ3v) is 5.90. The molecule has 0 heterocycles. The molecular formula is C26H35NO3. The average molecular weight is 410 g/mol. The molecule has 1 aliphatic carbocycles. The van der Waals surface area contributed by atoms with Crippen LogP contribution < -0.4 is 10.1 Å². The Morgan fingerprint density at radius 3 is 2.50 bits per heavy atom. The van der Waals surface area contributed by atoms with Crippen LogP contribution in [0.4, 0.5) is 5.69 Å². The van der Waals surface area contributed by atoms with Crippen LogP contribution in [-0.4, -0.2) is 18.1 Å². The Balaban J connectivity index is 1.73. The number of hydrogen-bond acceptors (Lipinski definition) is 3. The van der Waals surface area contributed by atoms with Crippen LogP contribution in [0.5, 0.6) is 5.75 Å². The predicted molar refractivity (Wildman–Crippen MR) is 122 cm³/mol.